The van der Waals surface area contributed by atoms with Crippen molar-refractivity contribution in [2.45, 2.75) is 13.8 Å². The van der Waals surface area contributed by atoms with E-state index in [-0.39, 0.29) is 12.5 Å². The van der Waals surface area contributed by atoms with Gasteiger partial charge in [-0.25, -0.2) is 4.72 Å². The van der Waals surface area contributed by atoms with Gasteiger partial charge in [-0.3, -0.25) is 9.59 Å². The summed E-state index contributed by atoms with van der Waals surface area (Å²) >= 11 is 0. The SMILES string of the molecule is CC(C)CNS(=O)(=O)N(CC(N)=O)CC(=O)O. The summed E-state index contributed by atoms with van der Waals surface area (Å²) in [7, 11) is -4.01. The fourth-order valence-corrected chi connectivity index (χ4v) is 2.22. The Kier molecular flexibility index (Phi) is 6.07. The molecule has 0 heterocycles. The molecule has 1 amide bonds. The number of rotatable bonds is 8. The monoisotopic (exact) mass is 267 g/mol. The molecule has 8 nitrogen and oxygen atoms in total. The van der Waals surface area contributed by atoms with Gasteiger partial charge in [-0.1, -0.05) is 13.8 Å². The highest BCUT2D eigenvalue weighted by molar-refractivity contribution is 7.87. The molecule has 0 aliphatic rings. The van der Waals surface area contributed by atoms with Crippen molar-refractivity contribution >= 4 is 22.1 Å². The molecule has 100 valence electrons. The Morgan fingerprint density at radius 3 is 2.24 bits per heavy atom. The third-order valence-corrected chi connectivity index (χ3v) is 3.13. The molecule has 0 rings (SSSR count). The number of nitrogens with zero attached hydrogens (tertiary/aromatic N) is 1. The van der Waals surface area contributed by atoms with Crippen LogP contribution < -0.4 is 10.5 Å². The lowest BCUT2D eigenvalue weighted by molar-refractivity contribution is -0.137. The number of hydrogen-bond acceptors (Lipinski definition) is 4. The van der Waals surface area contributed by atoms with Crippen LogP contribution in [0.4, 0.5) is 0 Å². The van der Waals surface area contributed by atoms with E-state index in [9.17, 15) is 18.0 Å². The van der Waals surface area contributed by atoms with Crippen molar-refractivity contribution in [2.24, 2.45) is 11.7 Å². The minimum Gasteiger partial charge on any atom is -0.480 e. The van der Waals surface area contributed by atoms with Crippen molar-refractivity contribution in [2.75, 3.05) is 19.6 Å². The molecule has 0 saturated carbocycles. The summed E-state index contributed by atoms with van der Waals surface area (Å²) in [6.45, 7) is 2.25. The maximum absolute atomic E-state index is 11.6. The first-order valence-electron chi connectivity index (χ1n) is 4.90. The highest BCUT2D eigenvalue weighted by Crippen LogP contribution is 1.99. The molecule has 0 aromatic heterocycles. The molecule has 0 unspecified atom stereocenters. The number of carboxylic acids is 1. The van der Waals surface area contributed by atoms with Crippen LogP contribution in [-0.2, 0) is 19.8 Å². The summed E-state index contributed by atoms with van der Waals surface area (Å²) in [6.07, 6.45) is 0. The first-order chi connectivity index (χ1) is 7.65. The van der Waals surface area contributed by atoms with E-state index >= 15 is 0 Å². The molecule has 9 heteroatoms. The Morgan fingerprint density at radius 1 is 1.35 bits per heavy atom. The first-order valence-corrected chi connectivity index (χ1v) is 6.34. The second kappa shape index (κ2) is 6.52. The van der Waals surface area contributed by atoms with E-state index in [1.165, 1.54) is 0 Å². The molecule has 4 N–H and O–H groups in total. The van der Waals surface area contributed by atoms with Gasteiger partial charge < -0.3 is 10.8 Å². The van der Waals surface area contributed by atoms with Gasteiger partial charge in [0.05, 0.1) is 6.54 Å². The molecular weight excluding hydrogens is 250 g/mol. The third kappa shape index (κ3) is 6.87. The highest BCUT2D eigenvalue weighted by Gasteiger charge is 2.25. The van der Waals surface area contributed by atoms with Crippen molar-refractivity contribution < 1.29 is 23.1 Å². The van der Waals surface area contributed by atoms with Gasteiger partial charge in [0.1, 0.15) is 6.54 Å². The smallest absolute Gasteiger partial charge is 0.318 e. The first kappa shape index (κ1) is 15.8. The van der Waals surface area contributed by atoms with E-state index in [1.54, 1.807) is 13.8 Å². The Balaban J connectivity index is 4.76. The van der Waals surface area contributed by atoms with Crippen molar-refractivity contribution in [3.63, 3.8) is 0 Å². The van der Waals surface area contributed by atoms with Crippen LogP contribution in [0.15, 0.2) is 0 Å². The molecule has 0 fully saturated rings. The molecule has 0 aromatic rings. The highest BCUT2D eigenvalue weighted by atomic mass is 32.2. The number of amides is 1. The lowest BCUT2D eigenvalue weighted by atomic mass is 10.2. The van der Waals surface area contributed by atoms with Gasteiger partial charge >= 0.3 is 5.97 Å². The predicted molar refractivity (Wildman–Crippen MR) is 60.2 cm³/mol. The van der Waals surface area contributed by atoms with Crippen LogP contribution in [-0.4, -0.2) is 49.3 Å². The molecule has 0 saturated heterocycles. The Bertz CT molecular complexity index is 363. The van der Waals surface area contributed by atoms with Gasteiger partial charge in [-0.15, -0.1) is 0 Å². The van der Waals surface area contributed by atoms with Crippen LogP contribution in [0.1, 0.15) is 13.8 Å². The maximum Gasteiger partial charge on any atom is 0.318 e. The Labute approximate surface area is 100.0 Å². The number of carboxylic acid groups (broad SMARTS) is 1. The molecule has 0 bridgehead atoms. The maximum atomic E-state index is 11.6. The van der Waals surface area contributed by atoms with Crippen LogP contribution in [0.5, 0.6) is 0 Å². The third-order valence-electron chi connectivity index (χ3n) is 1.66. The second-order valence-electron chi connectivity index (χ2n) is 3.88. The van der Waals surface area contributed by atoms with Crippen molar-refractivity contribution in [1.29, 1.82) is 0 Å². The number of carbonyl (C=O) groups is 2. The predicted octanol–water partition coefficient (Wildman–Crippen LogP) is -1.65. The lowest BCUT2D eigenvalue weighted by Crippen LogP contribution is -2.47. The zero-order chi connectivity index (χ0) is 13.6. The number of hydrogen-bond donors (Lipinski definition) is 3. The second-order valence-corrected chi connectivity index (χ2v) is 5.63. The summed E-state index contributed by atoms with van der Waals surface area (Å²) in [5.41, 5.74) is 4.86. The van der Waals surface area contributed by atoms with E-state index in [1.807, 2.05) is 0 Å². The lowest BCUT2D eigenvalue weighted by Gasteiger charge is -2.19. The molecule has 0 aliphatic carbocycles. The van der Waals surface area contributed by atoms with Gasteiger partial charge in [0, 0.05) is 6.54 Å². The van der Waals surface area contributed by atoms with Gasteiger partial charge in [0.25, 0.3) is 10.2 Å². The number of carbonyl (C=O) groups excluding carboxylic acids is 1. The molecular formula is C8H17N3O5S. The molecule has 0 radical (unpaired) electrons. The molecule has 0 aromatic carbocycles. The van der Waals surface area contributed by atoms with Crippen LogP contribution in [0.3, 0.4) is 0 Å². The normalized spacial score (nSPS) is 12.0. The average Bonchev–Trinajstić information content (AvgIpc) is 2.12. The fourth-order valence-electron chi connectivity index (χ4n) is 0.914. The van der Waals surface area contributed by atoms with E-state index in [2.05, 4.69) is 4.72 Å². The number of nitrogens with two attached hydrogens (primary N) is 1. The quantitative estimate of drug-likeness (QED) is 0.485. The van der Waals surface area contributed by atoms with Gasteiger partial charge in [-0.2, -0.15) is 12.7 Å². The van der Waals surface area contributed by atoms with E-state index < -0.39 is 35.2 Å². The molecule has 0 atom stereocenters. The van der Waals surface area contributed by atoms with E-state index in [0.29, 0.717) is 4.31 Å². The van der Waals surface area contributed by atoms with Crippen LogP contribution in [0.2, 0.25) is 0 Å². The zero-order valence-electron chi connectivity index (χ0n) is 9.71. The van der Waals surface area contributed by atoms with E-state index in [4.69, 9.17) is 10.8 Å². The van der Waals surface area contributed by atoms with Crippen LogP contribution >= 0.6 is 0 Å². The summed E-state index contributed by atoms with van der Waals surface area (Å²) in [5, 5.41) is 8.55. The average molecular weight is 267 g/mol. The summed E-state index contributed by atoms with van der Waals surface area (Å²) in [6, 6.07) is 0. The summed E-state index contributed by atoms with van der Waals surface area (Å²) in [5.74, 6) is -2.22. The Hall–Kier alpha value is -1.19. The van der Waals surface area contributed by atoms with Crippen LogP contribution in [0.25, 0.3) is 0 Å². The van der Waals surface area contributed by atoms with Crippen molar-refractivity contribution in [3.05, 3.63) is 0 Å². The fraction of sp³-hybridized carbons (Fsp3) is 0.750. The summed E-state index contributed by atoms with van der Waals surface area (Å²) < 4.78 is 26.0. The standard InChI is InChI=1S/C8H17N3O5S/c1-6(2)3-10-17(15,16)11(4-7(9)12)5-8(13)14/h6,10H,3-5H2,1-2H3,(H2,9,12)(H,13,14). The van der Waals surface area contributed by atoms with Crippen molar-refractivity contribution in [3.8, 4) is 0 Å². The molecule has 17 heavy (non-hydrogen) atoms. The number of primary amides is 1. The summed E-state index contributed by atoms with van der Waals surface area (Å²) in [4.78, 5) is 21.2. The minimum absolute atomic E-state index is 0.0602. The molecule has 0 aliphatic heterocycles. The topological polar surface area (TPSA) is 130 Å². The molecule has 0 spiro atoms. The van der Waals surface area contributed by atoms with Gasteiger partial charge in [0.15, 0.2) is 0 Å². The van der Waals surface area contributed by atoms with Crippen molar-refractivity contribution in [1.82, 2.24) is 9.03 Å². The van der Waals surface area contributed by atoms with Gasteiger partial charge in [-0.05, 0) is 5.92 Å². The van der Waals surface area contributed by atoms with Gasteiger partial charge in [0.2, 0.25) is 5.91 Å². The van der Waals surface area contributed by atoms with Crippen LogP contribution in [0, 0.1) is 5.92 Å². The minimum atomic E-state index is -4.01. The largest absolute Gasteiger partial charge is 0.480 e. The Morgan fingerprint density at radius 2 is 1.88 bits per heavy atom. The number of nitrogens with one attached hydrogen (secondary N) is 1. The zero-order valence-corrected chi connectivity index (χ0v) is 10.5. The number of aliphatic carboxylic acids is 1. The van der Waals surface area contributed by atoms with E-state index in [0.717, 1.165) is 0 Å².